The first-order chi connectivity index (χ1) is 10.4. The van der Waals surface area contributed by atoms with Crippen LogP contribution in [-0.4, -0.2) is 19.9 Å². The molecule has 3 aromatic heterocycles. The Morgan fingerprint density at radius 2 is 1.24 bits per heavy atom. The van der Waals surface area contributed by atoms with Crippen molar-refractivity contribution < 1.29 is 0 Å². The predicted octanol–water partition coefficient (Wildman–Crippen LogP) is 3.71. The molecule has 102 valence electrons. The summed E-state index contributed by atoms with van der Waals surface area (Å²) in [5.74, 6) is 0. The van der Waals surface area contributed by atoms with Crippen LogP contribution in [-0.2, 0) is 0 Å². The van der Waals surface area contributed by atoms with Crippen molar-refractivity contribution in [1.29, 1.82) is 0 Å². The number of benzene rings is 1. The molecule has 4 heteroatoms. The molecule has 1 aromatic carbocycles. The Morgan fingerprint density at radius 3 is 1.81 bits per heavy atom. The van der Waals surface area contributed by atoms with Crippen LogP contribution in [0.4, 0.5) is 0 Å². The highest BCUT2D eigenvalue weighted by atomic mass is 14.9. The van der Waals surface area contributed by atoms with Crippen LogP contribution in [0.1, 0.15) is 0 Å². The molecule has 21 heavy (non-hydrogen) atoms. The zero-order valence-corrected chi connectivity index (χ0v) is 11.3. The summed E-state index contributed by atoms with van der Waals surface area (Å²) in [6.07, 6.45) is 8.85. The zero-order chi connectivity index (χ0) is 14.3. The lowest BCUT2D eigenvalue weighted by atomic mass is 10.1. The molecule has 0 atom stereocenters. The van der Waals surface area contributed by atoms with Gasteiger partial charge in [-0.15, -0.1) is 0 Å². The number of H-pyrrole nitrogens is 1. The third kappa shape index (κ3) is 3.30. The summed E-state index contributed by atoms with van der Waals surface area (Å²) in [4.78, 5) is 15.0. The maximum absolute atomic E-state index is 4.06. The molecule has 3 heterocycles. The second-order valence-corrected chi connectivity index (χ2v) is 4.39. The molecule has 0 aliphatic rings. The number of aromatic nitrogens is 4. The van der Waals surface area contributed by atoms with Gasteiger partial charge in [0.1, 0.15) is 0 Å². The van der Waals surface area contributed by atoms with Crippen LogP contribution in [0.2, 0.25) is 0 Å². The van der Waals surface area contributed by atoms with Gasteiger partial charge < -0.3 is 4.98 Å². The summed E-state index contributed by atoms with van der Waals surface area (Å²) in [7, 11) is 0. The number of fused-ring (bicyclic) bond motifs is 1. The summed E-state index contributed by atoms with van der Waals surface area (Å²) < 4.78 is 0. The summed E-state index contributed by atoms with van der Waals surface area (Å²) in [5, 5.41) is 0. The van der Waals surface area contributed by atoms with E-state index >= 15 is 0 Å². The molecule has 0 saturated heterocycles. The van der Waals surface area contributed by atoms with Crippen molar-refractivity contribution in [2.75, 3.05) is 0 Å². The number of nitrogens with one attached hydrogen (secondary N) is 1. The highest BCUT2D eigenvalue weighted by molar-refractivity contribution is 5.73. The third-order valence-electron chi connectivity index (χ3n) is 3.02. The second-order valence-electron chi connectivity index (χ2n) is 4.39. The molecule has 4 rings (SSSR count). The Bertz CT molecular complexity index is 727. The van der Waals surface area contributed by atoms with Crippen molar-refractivity contribution in [2.24, 2.45) is 0 Å². The van der Waals surface area contributed by atoms with E-state index < -0.39 is 0 Å². The monoisotopic (exact) mass is 274 g/mol. The Balaban J connectivity index is 0.000000131. The molecule has 0 unspecified atom stereocenters. The van der Waals surface area contributed by atoms with E-state index in [-0.39, 0.29) is 0 Å². The fraction of sp³-hybridized carbons (Fsp3) is 0. The Labute approximate surface area is 122 Å². The second kappa shape index (κ2) is 6.43. The van der Waals surface area contributed by atoms with Crippen LogP contribution < -0.4 is 0 Å². The minimum Gasteiger partial charge on any atom is -0.345 e. The van der Waals surface area contributed by atoms with E-state index in [2.05, 4.69) is 19.9 Å². The van der Waals surface area contributed by atoms with Gasteiger partial charge in [-0.05, 0) is 47.5 Å². The molecule has 4 nitrogen and oxygen atoms in total. The van der Waals surface area contributed by atoms with Crippen LogP contribution in [0.15, 0.2) is 79.6 Å². The minimum atomic E-state index is 1.03. The fourth-order valence-corrected chi connectivity index (χ4v) is 1.97. The Kier molecular flexibility index (Phi) is 3.98. The summed E-state index contributed by atoms with van der Waals surface area (Å²) in [6, 6.07) is 15.9. The maximum atomic E-state index is 4.06. The van der Waals surface area contributed by atoms with E-state index in [0.29, 0.717) is 0 Å². The first-order valence-electron chi connectivity index (χ1n) is 6.62. The van der Waals surface area contributed by atoms with Crippen molar-refractivity contribution in [3.05, 3.63) is 79.6 Å². The number of para-hydroxylation sites is 2. The van der Waals surface area contributed by atoms with Gasteiger partial charge in [-0.1, -0.05) is 12.1 Å². The molecule has 0 aliphatic carbocycles. The average molecular weight is 274 g/mol. The van der Waals surface area contributed by atoms with E-state index in [1.165, 1.54) is 11.1 Å². The Hall–Kier alpha value is -3.01. The number of nitrogens with zero attached hydrogens (tertiary/aromatic N) is 3. The van der Waals surface area contributed by atoms with Gasteiger partial charge in [0.05, 0.1) is 17.4 Å². The number of rotatable bonds is 1. The molecule has 0 amide bonds. The standard InChI is InChI=1S/C10H8N2.C7H6N2/c1-5-11-6-2-9(1)10-3-7-12-8-4-10;1-2-4-7-6(3-1)8-5-9-7/h1-8H;1-5H,(H,8,9). The molecule has 0 spiro atoms. The van der Waals surface area contributed by atoms with Gasteiger partial charge in [0.25, 0.3) is 0 Å². The minimum absolute atomic E-state index is 1.03. The van der Waals surface area contributed by atoms with Gasteiger partial charge in [-0.3, -0.25) is 9.97 Å². The van der Waals surface area contributed by atoms with Crippen molar-refractivity contribution in [3.8, 4) is 11.1 Å². The average Bonchev–Trinajstić information content (AvgIpc) is 3.06. The third-order valence-corrected chi connectivity index (χ3v) is 3.02. The molecule has 0 saturated carbocycles. The molecule has 0 bridgehead atoms. The first-order valence-corrected chi connectivity index (χ1v) is 6.62. The molecule has 1 N–H and O–H groups in total. The molecule has 4 aromatic rings. The van der Waals surface area contributed by atoms with Crippen LogP contribution >= 0.6 is 0 Å². The first kappa shape index (κ1) is 13.0. The molecule has 0 fully saturated rings. The van der Waals surface area contributed by atoms with Gasteiger partial charge >= 0.3 is 0 Å². The molecular formula is C17H14N4. The molecule has 0 aliphatic heterocycles. The van der Waals surface area contributed by atoms with Gasteiger partial charge in [-0.2, -0.15) is 0 Å². The number of aromatic amines is 1. The van der Waals surface area contributed by atoms with E-state index in [9.17, 15) is 0 Å². The largest absolute Gasteiger partial charge is 0.345 e. The van der Waals surface area contributed by atoms with Crippen molar-refractivity contribution in [1.82, 2.24) is 19.9 Å². The van der Waals surface area contributed by atoms with Gasteiger partial charge in [0.2, 0.25) is 0 Å². The quantitative estimate of drug-likeness (QED) is 0.575. The lowest BCUT2D eigenvalue weighted by molar-refractivity contribution is 1.31. The van der Waals surface area contributed by atoms with Crippen molar-refractivity contribution >= 4 is 11.0 Å². The molecular weight excluding hydrogens is 260 g/mol. The van der Waals surface area contributed by atoms with E-state index in [1.54, 1.807) is 31.1 Å². The van der Waals surface area contributed by atoms with Crippen molar-refractivity contribution in [2.45, 2.75) is 0 Å². The predicted molar refractivity (Wildman–Crippen MR) is 83.6 cm³/mol. The normalized spacial score (nSPS) is 9.90. The number of hydrogen-bond acceptors (Lipinski definition) is 3. The molecule has 0 radical (unpaired) electrons. The van der Waals surface area contributed by atoms with Crippen LogP contribution in [0, 0.1) is 0 Å². The van der Waals surface area contributed by atoms with Crippen LogP contribution in [0.25, 0.3) is 22.2 Å². The van der Waals surface area contributed by atoms with Gasteiger partial charge in [0.15, 0.2) is 0 Å². The number of pyridine rings is 2. The number of hydrogen-bond donors (Lipinski definition) is 1. The van der Waals surface area contributed by atoms with Gasteiger partial charge in [0, 0.05) is 24.8 Å². The zero-order valence-electron chi connectivity index (χ0n) is 11.3. The summed E-state index contributed by atoms with van der Waals surface area (Å²) in [5.41, 5.74) is 4.47. The Morgan fingerprint density at radius 1 is 0.667 bits per heavy atom. The summed E-state index contributed by atoms with van der Waals surface area (Å²) in [6.45, 7) is 0. The smallest absolute Gasteiger partial charge is 0.0931 e. The SMILES string of the molecule is c1cc(-c2ccncc2)ccn1.c1ccc2[nH]cnc2c1. The topological polar surface area (TPSA) is 54.5 Å². The van der Waals surface area contributed by atoms with E-state index in [1.807, 2.05) is 48.5 Å². The lowest BCUT2D eigenvalue weighted by Crippen LogP contribution is -1.77. The van der Waals surface area contributed by atoms with Crippen LogP contribution in [0.3, 0.4) is 0 Å². The highest BCUT2D eigenvalue weighted by Crippen LogP contribution is 2.15. The maximum Gasteiger partial charge on any atom is 0.0931 e. The fourth-order valence-electron chi connectivity index (χ4n) is 1.97. The van der Waals surface area contributed by atoms with E-state index in [4.69, 9.17) is 0 Å². The summed E-state index contributed by atoms with van der Waals surface area (Å²) >= 11 is 0. The lowest BCUT2D eigenvalue weighted by Gasteiger charge is -1.97. The van der Waals surface area contributed by atoms with Crippen LogP contribution in [0.5, 0.6) is 0 Å². The van der Waals surface area contributed by atoms with Gasteiger partial charge in [-0.25, -0.2) is 4.98 Å². The number of imidazole rings is 1. The highest BCUT2D eigenvalue weighted by Gasteiger charge is 1.93. The van der Waals surface area contributed by atoms with E-state index in [0.717, 1.165) is 11.0 Å². The van der Waals surface area contributed by atoms with Crippen molar-refractivity contribution in [3.63, 3.8) is 0 Å².